The van der Waals surface area contributed by atoms with Crippen LogP contribution in [0, 0.1) is 0 Å². The number of benzene rings is 1. The quantitative estimate of drug-likeness (QED) is 0.593. The Kier molecular flexibility index (Phi) is 6.96. The van der Waals surface area contributed by atoms with E-state index >= 15 is 0 Å². The number of urea groups is 1. The number of carbonyl (C=O) groups is 1. The highest BCUT2D eigenvalue weighted by atomic mass is 16.2. The second kappa shape index (κ2) is 10.2. The highest BCUT2D eigenvalue weighted by molar-refractivity contribution is 5.74. The van der Waals surface area contributed by atoms with Gasteiger partial charge in [-0.05, 0) is 42.8 Å². The minimum Gasteiger partial charge on any atom is -0.354 e. The monoisotopic (exact) mass is 434 g/mol. The SMILES string of the molecule is CCN1CCN(c2ccc(CNC(=O)NC(C)c3ccc(-n4cncn4)cc3)cn2)CC1. The third-order valence-electron chi connectivity index (χ3n) is 5.83. The van der Waals surface area contributed by atoms with Crippen LogP contribution in [0.5, 0.6) is 0 Å². The fourth-order valence-corrected chi connectivity index (χ4v) is 3.77. The molecular formula is C23H30N8O. The van der Waals surface area contributed by atoms with E-state index in [4.69, 9.17) is 0 Å². The van der Waals surface area contributed by atoms with Gasteiger partial charge in [-0.25, -0.2) is 19.4 Å². The molecule has 1 fully saturated rings. The Morgan fingerprint density at radius 1 is 1.09 bits per heavy atom. The van der Waals surface area contributed by atoms with E-state index < -0.39 is 0 Å². The Labute approximate surface area is 188 Å². The van der Waals surface area contributed by atoms with Crippen LogP contribution in [0.4, 0.5) is 10.6 Å². The summed E-state index contributed by atoms with van der Waals surface area (Å²) in [5.41, 5.74) is 2.91. The van der Waals surface area contributed by atoms with Crippen molar-refractivity contribution in [2.45, 2.75) is 26.4 Å². The lowest BCUT2D eigenvalue weighted by molar-refractivity contribution is 0.237. The van der Waals surface area contributed by atoms with Crippen molar-refractivity contribution < 1.29 is 4.79 Å². The number of hydrogen-bond donors (Lipinski definition) is 2. The number of rotatable bonds is 7. The van der Waals surface area contributed by atoms with Gasteiger partial charge in [-0.15, -0.1) is 0 Å². The van der Waals surface area contributed by atoms with Gasteiger partial charge in [0.1, 0.15) is 18.5 Å². The van der Waals surface area contributed by atoms with Gasteiger partial charge in [0.05, 0.1) is 11.7 Å². The number of nitrogens with one attached hydrogen (secondary N) is 2. The first-order valence-corrected chi connectivity index (χ1v) is 11.0. The molecular weight excluding hydrogens is 404 g/mol. The van der Waals surface area contributed by atoms with E-state index in [0.717, 1.165) is 55.4 Å². The topological polar surface area (TPSA) is 91.2 Å². The van der Waals surface area contributed by atoms with Gasteiger partial charge in [-0.1, -0.05) is 25.1 Å². The lowest BCUT2D eigenvalue weighted by Crippen LogP contribution is -2.46. The Balaban J connectivity index is 1.24. The number of likely N-dealkylation sites (N-methyl/N-ethyl adjacent to an activating group) is 1. The van der Waals surface area contributed by atoms with Crippen LogP contribution in [0.15, 0.2) is 55.2 Å². The molecule has 0 aliphatic carbocycles. The summed E-state index contributed by atoms with van der Waals surface area (Å²) in [5, 5.41) is 10.0. The molecule has 32 heavy (non-hydrogen) atoms. The third-order valence-corrected chi connectivity index (χ3v) is 5.83. The summed E-state index contributed by atoms with van der Waals surface area (Å²) >= 11 is 0. The molecule has 1 aliphatic rings. The van der Waals surface area contributed by atoms with Crippen molar-refractivity contribution in [3.8, 4) is 5.69 Å². The van der Waals surface area contributed by atoms with Crippen LogP contribution >= 0.6 is 0 Å². The molecule has 1 aromatic carbocycles. The number of piperazine rings is 1. The van der Waals surface area contributed by atoms with Crippen molar-refractivity contribution >= 4 is 11.8 Å². The van der Waals surface area contributed by atoms with Crippen molar-refractivity contribution in [3.05, 3.63) is 66.4 Å². The van der Waals surface area contributed by atoms with Gasteiger partial charge in [0.2, 0.25) is 0 Å². The maximum Gasteiger partial charge on any atom is 0.315 e. The Bertz CT molecular complexity index is 980. The average Bonchev–Trinajstić information content (AvgIpc) is 3.38. The molecule has 2 aromatic heterocycles. The second-order valence-electron chi connectivity index (χ2n) is 7.93. The Morgan fingerprint density at radius 2 is 1.88 bits per heavy atom. The standard InChI is InChI=1S/C23H30N8O/c1-3-29-10-12-30(13-11-29)22-9-4-19(14-25-22)15-26-23(32)28-18(2)20-5-7-21(8-6-20)31-17-24-16-27-31/h4-9,14,16-18H,3,10-13,15H2,1-2H3,(H2,26,28,32). The summed E-state index contributed by atoms with van der Waals surface area (Å²) in [4.78, 5) is 25.7. The third kappa shape index (κ3) is 5.42. The van der Waals surface area contributed by atoms with Crippen molar-refractivity contribution in [3.63, 3.8) is 0 Å². The van der Waals surface area contributed by atoms with Crippen LogP contribution in [0.2, 0.25) is 0 Å². The van der Waals surface area contributed by atoms with Crippen molar-refractivity contribution in [2.24, 2.45) is 0 Å². The van der Waals surface area contributed by atoms with Gasteiger partial charge in [-0.2, -0.15) is 5.10 Å². The van der Waals surface area contributed by atoms with E-state index in [0.29, 0.717) is 6.54 Å². The lowest BCUT2D eigenvalue weighted by Gasteiger charge is -2.34. The molecule has 0 saturated carbocycles. The number of pyridine rings is 1. The molecule has 0 radical (unpaired) electrons. The number of aromatic nitrogens is 4. The molecule has 168 valence electrons. The van der Waals surface area contributed by atoms with Crippen molar-refractivity contribution in [2.75, 3.05) is 37.6 Å². The average molecular weight is 435 g/mol. The van der Waals surface area contributed by atoms with E-state index in [9.17, 15) is 4.79 Å². The Morgan fingerprint density at radius 3 is 2.50 bits per heavy atom. The minimum atomic E-state index is -0.211. The van der Waals surface area contributed by atoms with Gasteiger partial charge >= 0.3 is 6.03 Å². The number of nitrogens with zero attached hydrogens (tertiary/aromatic N) is 6. The summed E-state index contributed by atoms with van der Waals surface area (Å²) in [5.74, 6) is 0.997. The first-order valence-electron chi connectivity index (χ1n) is 11.0. The normalized spacial score (nSPS) is 15.4. The van der Waals surface area contributed by atoms with Crippen LogP contribution in [-0.2, 0) is 6.54 Å². The smallest absolute Gasteiger partial charge is 0.315 e. The summed E-state index contributed by atoms with van der Waals surface area (Å²) in [6.07, 6.45) is 4.99. The van der Waals surface area contributed by atoms with Crippen LogP contribution in [-0.4, -0.2) is 63.4 Å². The van der Waals surface area contributed by atoms with Crippen LogP contribution in [0.1, 0.15) is 31.0 Å². The highest BCUT2D eigenvalue weighted by Gasteiger charge is 2.16. The molecule has 1 unspecified atom stereocenters. The molecule has 1 atom stereocenters. The molecule has 0 bridgehead atoms. The molecule has 2 N–H and O–H groups in total. The predicted molar refractivity (Wildman–Crippen MR) is 124 cm³/mol. The molecule has 3 aromatic rings. The highest BCUT2D eigenvalue weighted by Crippen LogP contribution is 2.16. The maximum absolute atomic E-state index is 12.3. The van der Waals surface area contributed by atoms with Crippen LogP contribution < -0.4 is 15.5 Å². The summed E-state index contributed by atoms with van der Waals surface area (Å²) < 4.78 is 1.69. The number of amides is 2. The molecule has 1 aliphatic heterocycles. The van der Waals surface area contributed by atoms with Gasteiger partial charge < -0.3 is 20.4 Å². The largest absolute Gasteiger partial charge is 0.354 e. The number of anilines is 1. The second-order valence-corrected chi connectivity index (χ2v) is 7.93. The fourth-order valence-electron chi connectivity index (χ4n) is 3.77. The van der Waals surface area contributed by atoms with E-state index in [1.54, 1.807) is 11.0 Å². The number of hydrogen-bond acceptors (Lipinski definition) is 6. The lowest BCUT2D eigenvalue weighted by atomic mass is 10.1. The predicted octanol–water partition coefficient (Wildman–Crippen LogP) is 2.36. The first-order chi connectivity index (χ1) is 15.6. The molecule has 1 saturated heterocycles. The van der Waals surface area contributed by atoms with Crippen LogP contribution in [0.3, 0.4) is 0 Å². The molecule has 9 nitrogen and oxygen atoms in total. The fraction of sp³-hybridized carbons (Fsp3) is 0.391. The Hall–Kier alpha value is -3.46. The zero-order chi connectivity index (χ0) is 22.3. The van der Waals surface area contributed by atoms with Crippen molar-refractivity contribution in [1.82, 2.24) is 35.3 Å². The van der Waals surface area contributed by atoms with Gasteiger partial charge in [0.25, 0.3) is 0 Å². The van der Waals surface area contributed by atoms with Gasteiger partial charge in [0.15, 0.2) is 0 Å². The van der Waals surface area contributed by atoms with Crippen molar-refractivity contribution in [1.29, 1.82) is 0 Å². The summed E-state index contributed by atoms with van der Waals surface area (Å²) in [7, 11) is 0. The molecule has 2 amide bonds. The summed E-state index contributed by atoms with van der Waals surface area (Å²) in [6.45, 7) is 9.83. The van der Waals surface area contributed by atoms with E-state index in [2.05, 4.69) is 42.4 Å². The zero-order valence-electron chi connectivity index (χ0n) is 18.6. The van der Waals surface area contributed by atoms with Gasteiger partial charge in [0, 0.05) is 38.9 Å². The van der Waals surface area contributed by atoms with E-state index in [-0.39, 0.29) is 12.1 Å². The van der Waals surface area contributed by atoms with E-state index in [1.165, 1.54) is 6.33 Å². The minimum absolute atomic E-state index is 0.123. The maximum atomic E-state index is 12.3. The molecule has 3 heterocycles. The van der Waals surface area contributed by atoms with E-state index in [1.807, 2.05) is 49.5 Å². The molecule has 0 spiro atoms. The first kappa shape index (κ1) is 21.8. The molecule has 9 heteroatoms. The summed E-state index contributed by atoms with van der Waals surface area (Å²) in [6, 6.07) is 11.6. The van der Waals surface area contributed by atoms with Crippen LogP contribution in [0.25, 0.3) is 5.69 Å². The molecule has 4 rings (SSSR count). The van der Waals surface area contributed by atoms with Gasteiger partial charge in [-0.3, -0.25) is 0 Å². The number of carbonyl (C=O) groups excluding carboxylic acids is 1. The zero-order valence-corrected chi connectivity index (χ0v) is 18.6.